The van der Waals surface area contributed by atoms with E-state index in [9.17, 15) is 8.42 Å². The number of aromatic nitrogens is 2. The van der Waals surface area contributed by atoms with E-state index in [0.29, 0.717) is 31.5 Å². The molecule has 0 unspecified atom stereocenters. The Morgan fingerprint density at radius 3 is 2.45 bits per heavy atom. The molecule has 0 saturated heterocycles. The first kappa shape index (κ1) is 15.2. The molecule has 1 saturated carbocycles. The summed E-state index contributed by atoms with van der Waals surface area (Å²) >= 11 is 0. The van der Waals surface area contributed by atoms with Crippen molar-refractivity contribution < 1.29 is 8.42 Å². The molecule has 1 fully saturated rings. The molecule has 0 bridgehead atoms. The third-order valence-corrected chi connectivity index (χ3v) is 5.05. The smallest absolute Gasteiger partial charge is 0.246 e. The van der Waals surface area contributed by atoms with Crippen molar-refractivity contribution in [2.24, 2.45) is 5.92 Å². The lowest BCUT2D eigenvalue weighted by atomic mass is 10.4. The van der Waals surface area contributed by atoms with Crippen molar-refractivity contribution >= 4 is 16.0 Å². The van der Waals surface area contributed by atoms with Crippen LogP contribution in [-0.2, 0) is 10.0 Å². The maximum absolute atomic E-state index is 12.6. The maximum atomic E-state index is 12.6. The van der Waals surface area contributed by atoms with Crippen molar-refractivity contribution in [2.75, 3.05) is 25.0 Å². The lowest BCUT2D eigenvalue weighted by Crippen LogP contribution is -2.33. The zero-order valence-corrected chi connectivity index (χ0v) is 12.9. The SMILES string of the molecule is CCCN(CC1CC1)S(=O)(=O)c1cnc(NCC)nc1. The predicted molar refractivity (Wildman–Crippen MR) is 78.0 cm³/mol. The van der Waals surface area contributed by atoms with Gasteiger partial charge in [0.1, 0.15) is 4.90 Å². The van der Waals surface area contributed by atoms with Crippen LogP contribution in [0.3, 0.4) is 0 Å². The van der Waals surface area contributed by atoms with Crippen molar-refractivity contribution in [3.05, 3.63) is 12.4 Å². The van der Waals surface area contributed by atoms with Crippen LogP contribution in [0.25, 0.3) is 0 Å². The second kappa shape index (κ2) is 6.49. The molecule has 0 aliphatic heterocycles. The number of rotatable bonds is 8. The number of anilines is 1. The lowest BCUT2D eigenvalue weighted by molar-refractivity contribution is 0.395. The van der Waals surface area contributed by atoms with E-state index in [1.165, 1.54) is 12.4 Å². The first-order valence-corrected chi connectivity index (χ1v) is 8.58. The van der Waals surface area contributed by atoms with Gasteiger partial charge in [0.15, 0.2) is 0 Å². The molecule has 1 heterocycles. The van der Waals surface area contributed by atoms with Gasteiger partial charge in [0.25, 0.3) is 0 Å². The minimum absolute atomic E-state index is 0.174. The van der Waals surface area contributed by atoms with Gasteiger partial charge in [-0.05, 0) is 32.1 Å². The molecule has 1 aromatic heterocycles. The van der Waals surface area contributed by atoms with Crippen molar-refractivity contribution in [1.82, 2.24) is 14.3 Å². The summed E-state index contributed by atoms with van der Waals surface area (Å²) < 4.78 is 26.7. The van der Waals surface area contributed by atoms with Gasteiger partial charge in [-0.15, -0.1) is 0 Å². The highest BCUT2D eigenvalue weighted by atomic mass is 32.2. The van der Waals surface area contributed by atoms with Gasteiger partial charge in [0, 0.05) is 19.6 Å². The van der Waals surface area contributed by atoms with Crippen LogP contribution in [0.2, 0.25) is 0 Å². The van der Waals surface area contributed by atoms with Gasteiger partial charge < -0.3 is 5.32 Å². The van der Waals surface area contributed by atoms with Gasteiger partial charge in [-0.3, -0.25) is 0 Å². The van der Waals surface area contributed by atoms with Crippen molar-refractivity contribution in [1.29, 1.82) is 0 Å². The minimum Gasteiger partial charge on any atom is -0.355 e. The highest BCUT2D eigenvalue weighted by molar-refractivity contribution is 7.89. The Labute approximate surface area is 120 Å². The van der Waals surface area contributed by atoms with Crippen LogP contribution in [-0.4, -0.2) is 42.3 Å². The highest BCUT2D eigenvalue weighted by Crippen LogP contribution is 2.31. The van der Waals surface area contributed by atoms with Crippen LogP contribution in [0.15, 0.2) is 17.3 Å². The Morgan fingerprint density at radius 1 is 1.30 bits per heavy atom. The molecule has 0 aromatic carbocycles. The zero-order chi connectivity index (χ0) is 14.6. The number of sulfonamides is 1. The monoisotopic (exact) mass is 298 g/mol. The highest BCUT2D eigenvalue weighted by Gasteiger charge is 2.31. The Bertz CT molecular complexity index is 526. The summed E-state index contributed by atoms with van der Waals surface area (Å²) in [7, 11) is -3.47. The zero-order valence-electron chi connectivity index (χ0n) is 12.0. The molecule has 1 aliphatic carbocycles. The van der Waals surface area contributed by atoms with E-state index in [0.717, 1.165) is 19.3 Å². The average molecular weight is 298 g/mol. The van der Waals surface area contributed by atoms with E-state index in [1.807, 2.05) is 13.8 Å². The van der Waals surface area contributed by atoms with Crippen LogP contribution in [0.1, 0.15) is 33.1 Å². The second-order valence-corrected chi connectivity index (χ2v) is 7.02. The second-order valence-electron chi connectivity index (χ2n) is 5.08. The average Bonchev–Trinajstić information content (AvgIpc) is 3.23. The first-order chi connectivity index (χ1) is 9.57. The van der Waals surface area contributed by atoms with Crippen molar-refractivity contribution in [3.63, 3.8) is 0 Å². The molecule has 7 heteroatoms. The summed E-state index contributed by atoms with van der Waals surface area (Å²) in [4.78, 5) is 8.26. The summed E-state index contributed by atoms with van der Waals surface area (Å²) in [6.07, 6.45) is 5.84. The standard InChI is InChI=1S/C13H22N4O2S/c1-3-7-17(10-11-5-6-11)20(18,19)12-8-15-13(14-4-2)16-9-12/h8-9,11H,3-7,10H2,1-2H3,(H,14,15,16). The van der Waals surface area contributed by atoms with E-state index < -0.39 is 10.0 Å². The van der Waals surface area contributed by atoms with Crippen LogP contribution in [0.4, 0.5) is 5.95 Å². The molecule has 0 atom stereocenters. The normalized spacial score (nSPS) is 15.6. The molecule has 0 spiro atoms. The van der Waals surface area contributed by atoms with E-state index in [1.54, 1.807) is 4.31 Å². The van der Waals surface area contributed by atoms with E-state index in [2.05, 4.69) is 15.3 Å². The summed E-state index contributed by atoms with van der Waals surface area (Å²) in [5, 5.41) is 2.95. The van der Waals surface area contributed by atoms with Crippen molar-refractivity contribution in [2.45, 2.75) is 38.0 Å². The van der Waals surface area contributed by atoms with Crippen LogP contribution < -0.4 is 5.32 Å². The van der Waals surface area contributed by atoms with Crippen LogP contribution in [0.5, 0.6) is 0 Å². The summed E-state index contributed by atoms with van der Waals surface area (Å²) in [5.41, 5.74) is 0. The molecule has 6 nitrogen and oxygen atoms in total. The fourth-order valence-electron chi connectivity index (χ4n) is 2.00. The molecule has 0 radical (unpaired) electrons. The Hall–Kier alpha value is -1.21. The molecule has 112 valence electrons. The largest absolute Gasteiger partial charge is 0.355 e. The number of nitrogens with zero attached hydrogens (tertiary/aromatic N) is 3. The summed E-state index contributed by atoms with van der Waals surface area (Å²) in [6, 6.07) is 0. The van der Waals surface area contributed by atoms with Gasteiger partial charge in [-0.2, -0.15) is 4.31 Å². The van der Waals surface area contributed by atoms with Gasteiger partial charge >= 0.3 is 0 Å². The van der Waals surface area contributed by atoms with Crippen LogP contribution in [0, 0.1) is 5.92 Å². The Balaban J connectivity index is 2.17. The predicted octanol–water partition coefficient (Wildman–Crippen LogP) is 1.72. The Kier molecular flexibility index (Phi) is 4.93. The fourth-order valence-corrected chi connectivity index (χ4v) is 3.50. The molecular formula is C13H22N4O2S. The Morgan fingerprint density at radius 2 is 1.95 bits per heavy atom. The van der Waals surface area contributed by atoms with Crippen LogP contribution >= 0.6 is 0 Å². The summed E-state index contributed by atoms with van der Waals surface area (Å²) in [5.74, 6) is 0.981. The molecule has 1 N–H and O–H groups in total. The van der Waals surface area contributed by atoms with Gasteiger partial charge in [0.2, 0.25) is 16.0 Å². The summed E-state index contributed by atoms with van der Waals surface area (Å²) in [6.45, 7) is 5.79. The first-order valence-electron chi connectivity index (χ1n) is 7.14. The third-order valence-electron chi connectivity index (χ3n) is 3.23. The van der Waals surface area contributed by atoms with Gasteiger partial charge in [-0.25, -0.2) is 18.4 Å². The number of hydrogen-bond donors (Lipinski definition) is 1. The molecular weight excluding hydrogens is 276 g/mol. The van der Waals surface area contributed by atoms with Crippen molar-refractivity contribution in [3.8, 4) is 0 Å². The molecule has 20 heavy (non-hydrogen) atoms. The lowest BCUT2D eigenvalue weighted by Gasteiger charge is -2.21. The molecule has 2 rings (SSSR count). The molecule has 1 aromatic rings. The maximum Gasteiger partial charge on any atom is 0.246 e. The fraction of sp³-hybridized carbons (Fsp3) is 0.692. The van der Waals surface area contributed by atoms with E-state index in [-0.39, 0.29) is 4.90 Å². The minimum atomic E-state index is -3.47. The number of hydrogen-bond acceptors (Lipinski definition) is 5. The molecule has 1 aliphatic rings. The van der Waals surface area contributed by atoms with Gasteiger partial charge in [0.05, 0.1) is 12.4 Å². The molecule has 0 amide bonds. The number of nitrogens with one attached hydrogen (secondary N) is 1. The van der Waals surface area contributed by atoms with E-state index >= 15 is 0 Å². The quantitative estimate of drug-likeness (QED) is 0.791. The van der Waals surface area contributed by atoms with Gasteiger partial charge in [-0.1, -0.05) is 6.92 Å². The topological polar surface area (TPSA) is 75.2 Å². The third kappa shape index (κ3) is 3.67. The van der Waals surface area contributed by atoms with E-state index in [4.69, 9.17) is 0 Å².